The highest BCUT2D eigenvalue weighted by Crippen LogP contribution is 2.28. The molecule has 12 heteroatoms. The maximum atomic E-state index is 12.3. The van der Waals surface area contributed by atoms with Gasteiger partial charge in [-0.05, 0) is 56.3 Å². The Hall–Kier alpha value is -4.22. The molecule has 2 rings (SSSR count). The third kappa shape index (κ3) is 8.91. The summed E-state index contributed by atoms with van der Waals surface area (Å²) in [7, 11) is 0. The van der Waals surface area contributed by atoms with Gasteiger partial charge in [0.05, 0.1) is 13.2 Å². The Labute approximate surface area is 199 Å². The number of alkyl halides is 2. The number of amides is 3. The van der Waals surface area contributed by atoms with E-state index in [1.807, 2.05) is 12.2 Å². The van der Waals surface area contributed by atoms with Gasteiger partial charge in [-0.1, -0.05) is 0 Å². The minimum atomic E-state index is -3.01. The smallest absolute Gasteiger partial charge is 0.387 e. The molecule has 0 unspecified atom stereocenters. The lowest BCUT2D eigenvalue weighted by molar-refractivity contribution is -0.147. The van der Waals surface area contributed by atoms with Crippen LogP contribution < -0.4 is 24.8 Å². The van der Waals surface area contributed by atoms with Gasteiger partial charge in [0.1, 0.15) is 12.3 Å². The number of benzene rings is 2. The summed E-state index contributed by atoms with van der Waals surface area (Å²) >= 11 is 0. The van der Waals surface area contributed by atoms with Crippen LogP contribution >= 0.6 is 0 Å². The molecule has 0 aromatic heterocycles. The zero-order valence-electron chi connectivity index (χ0n) is 19.0. The van der Waals surface area contributed by atoms with Gasteiger partial charge in [-0.15, -0.1) is 0 Å². The number of carbonyl (C=O) groups is 4. The minimum absolute atomic E-state index is 0.000309. The Bertz CT molecular complexity index is 1040. The van der Waals surface area contributed by atoms with E-state index in [1.54, 1.807) is 13.0 Å². The first-order valence-corrected chi connectivity index (χ1v) is 10.5. The molecular weight excluding hydrogens is 470 g/mol. The summed E-state index contributed by atoms with van der Waals surface area (Å²) in [6.07, 6.45) is 0. The van der Waals surface area contributed by atoms with E-state index in [9.17, 15) is 28.0 Å². The second-order valence-electron chi connectivity index (χ2n) is 6.65. The van der Waals surface area contributed by atoms with Gasteiger partial charge in [-0.3, -0.25) is 24.5 Å². The molecule has 0 aliphatic carbocycles. The third-order valence-electron chi connectivity index (χ3n) is 4.16. The molecule has 2 N–H and O–H groups in total. The monoisotopic (exact) mass is 494 g/mol. The maximum Gasteiger partial charge on any atom is 0.387 e. The summed E-state index contributed by atoms with van der Waals surface area (Å²) in [5.74, 6) is -2.54. The average Bonchev–Trinajstić information content (AvgIpc) is 2.82. The summed E-state index contributed by atoms with van der Waals surface area (Å²) < 4.78 is 44.1. The fourth-order valence-corrected chi connectivity index (χ4v) is 2.67. The van der Waals surface area contributed by atoms with Crippen molar-refractivity contribution >= 4 is 23.7 Å². The molecule has 2 aromatic rings. The van der Waals surface area contributed by atoms with E-state index in [1.165, 1.54) is 24.3 Å². The molecule has 0 aliphatic heterocycles. The van der Waals surface area contributed by atoms with Crippen molar-refractivity contribution in [3.8, 4) is 17.2 Å². The summed E-state index contributed by atoms with van der Waals surface area (Å²) in [6, 6.07) is 9.17. The van der Waals surface area contributed by atoms with Gasteiger partial charge in [0.15, 0.2) is 18.1 Å². The first kappa shape index (κ1) is 27.0. The molecule has 0 fully saturated rings. The summed E-state index contributed by atoms with van der Waals surface area (Å²) in [4.78, 5) is 48.0. The number of nitrogens with one attached hydrogen (secondary N) is 2. The predicted molar refractivity (Wildman–Crippen MR) is 118 cm³/mol. The largest absolute Gasteiger partial charge is 0.490 e. The topological polar surface area (TPSA) is 129 Å². The highest BCUT2D eigenvalue weighted by Gasteiger charge is 2.16. The van der Waals surface area contributed by atoms with Gasteiger partial charge >= 0.3 is 12.6 Å². The van der Waals surface area contributed by atoms with Crippen molar-refractivity contribution in [1.82, 2.24) is 10.6 Å². The summed E-state index contributed by atoms with van der Waals surface area (Å²) in [6.45, 7) is 0.0600. The van der Waals surface area contributed by atoms with E-state index in [2.05, 4.69) is 10.1 Å². The van der Waals surface area contributed by atoms with E-state index in [0.717, 1.165) is 12.1 Å². The SMILES string of the molecule is CCOc1ccc(C(=O)NCC(=O)OCC(=O)NC(=O)c2ccc(OC(F)F)cc2)cc1OCC. The molecule has 0 heterocycles. The van der Waals surface area contributed by atoms with E-state index < -0.39 is 43.5 Å². The molecule has 10 nitrogen and oxygen atoms in total. The summed E-state index contributed by atoms with van der Waals surface area (Å²) in [5.41, 5.74) is 0.221. The van der Waals surface area contributed by atoms with Crippen LogP contribution in [0.25, 0.3) is 0 Å². The quantitative estimate of drug-likeness (QED) is 0.430. The zero-order chi connectivity index (χ0) is 25.8. The van der Waals surface area contributed by atoms with Crippen LogP contribution in [0.5, 0.6) is 17.2 Å². The second kappa shape index (κ2) is 13.5. The maximum absolute atomic E-state index is 12.3. The first-order valence-electron chi connectivity index (χ1n) is 10.5. The van der Waals surface area contributed by atoms with Crippen molar-refractivity contribution in [2.45, 2.75) is 20.5 Å². The number of ether oxygens (including phenoxy) is 4. The van der Waals surface area contributed by atoms with Crippen LogP contribution in [0.3, 0.4) is 0 Å². The predicted octanol–water partition coefficient (Wildman–Crippen LogP) is 2.31. The number of halogens is 2. The standard InChI is InChI=1S/C23H24F2N2O8/c1-3-32-17-10-7-15(11-18(17)33-4-2)21(30)26-12-20(29)34-13-19(28)27-22(31)14-5-8-16(9-6-14)35-23(24)25/h5-11,23H,3-4,12-13H2,1-2H3,(H,26,30)(H,27,28,31). The first-order chi connectivity index (χ1) is 16.7. The van der Waals surface area contributed by atoms with E-state index in [-0.39, 0.29) is 16.9 Å². The van der Waals surface area contributed by atoms with Gasteiger partial charge in [0.2, 0.25) is 0 Å². The van der Waals surface area contributed by atoms with Crippen molar-refractivity contribution in [2.24, 2.45) is 0 Å². The van der Waals surface area contributed by atoms with E-state index in [0.29, 0.717) is 24.7 Å². The van der Waals surface area contributed by atoms with Crippen molar-refractivity contribution in [3.05, 3.63) is 53.6 Å². The Morgan fingerprint density at radius 2 is 1.49 bits per heavy atom. The number of carbonyl (C=O) groups excluding carboxylic acids is 4. The van der Waals surface area contributed by atoms with Crippen LogP contribution in [0.15, 0.2) is 42.5 Å². The molecule has 0 atom stereocenters. The van der Waals surface area contributed by atoms with Crippen LogP contribution in [-0.2, 0) is 14.3 Å². The van der Waals surface area contributed by atoms with Gasteiger partial charge in [-0.25, -0.2) is 0 Å². The molecule has 0 saturated carbocycles. The van der Waals surface area contributed by atoms with Gasteiger partial charge in [0.25, 0.3) is 17.7 Å². The van der Waals surface area contributed by atoms with Crippen LogP contribution in [-0.4, -0.2) is 56.7 Å². The Kier molecular flexibility index (Phi) is 10.4. The Balaban J connectivity index is 1.79. The normalized spacial score (nSPS) is 10.3. The summed E-state index contributed by atoms with van der Waals surface area (Å²) in [5, 5.41) is 4.33. The number of rotatable bonds is 12. The molecule has 2 aromatic carbocycles. The molecular formula is C23H24F2N2O8. The van der Waals surface area contributed by atoms with Crippen LogP contribution in [0, 0.1) is 0 Å². The van der Waals surface area contributed by atoms with E-state index in [4.69, 9.17) is 14.2 Å². The molecule has 0 radical (unpaired) electrons. The Morgan fingerprint density at radius 3 is 2.11 bits per heavy atom. The molecule has 0 spiro atoms. The lowest BCUT2D eigenvalue weighted by Crippen LogP contribution is -2.36. The van der Waals surface area contributed by atoms with Crippen LogP contribution in [0.2, 0.25) is 0 Å². The zero-order valence-corrected chi connectivity index (χ0v) is 19.0. The third-order valence-corrected chi connectivity index (χ3v) is 4.16. The number of hydrogen-bond acceptors (Lipinski definition) is 8. The lowest BCUT2D eigenvalue weighted by Gasteiger charge is -2.12. The average molecular weight is 494 g/mol. The highest BCUT2D eigenvalue weighted by atomic mass is 19.3. The van der Waals surface area contributed by atoms with Crippen LogP contribution in [0.1, 0.15) is 34.6 Å². The fourth-order valence-electron chi connectivity index (χ4n) is 2.67. The van der Waals surface area contributed by atoms with Crippen molar-refractivity contribution in [3.63, 3.8) is 0 Å². The molecule has 0 aliphatic rings. The molecule has 0 saturated heterocycles. The Morgan fingerprint density at radius 1 is 0.857 bits per heavy atom. The van der Waals surface area contributed by atoms with Crippen LogP contribution in [0.4, 0.5) is 8.78 Å². The number of imide groups is 1. The molecule has 35 heavy (non-hydrogen) atoms. The fraction of sp³-hybridized carbons (Fsp3) is 0.304. The van der Waals surface area contributed by atoms with Crippen molar-refractivity contribution in [2.75, 3.05) is 26.4 Å². The van der Waals surface area contributed by atoms with Gasteiger partial charge in [0, 0.05) is 11.1 Å². The van der Waals surface area contributed by atoms with E-state index >= 15 is 0 Å². The lowest BCUT2D eigenvalue weighted by atomic mass is 10.2. The molecule has 3 amide bonds. The number of hydrogen-bond donors (Lipinski definition) is 2. The highest BCUT2D eigenvalue weighted by molar-refractivity contribution is 6.05. The van der Waals surface area contributed by atoms with Crippen molar-refractivity contribution < 1.29 is 46.9 Å². The van der Waals surface area contributed by atoms with Gasteiger partial charge < -0.3 is 24.3 Å². The minimum Gasteiger partial charge on any atom is -0.490 e. The number of esters is 1. The second-order valence-corrected chi connectivity index (χ2v) is 6.65. The molecule has 0 bridgehead atoms. The molecule has 188 valence electrons. The van der Waals surface area contributed by atoms with Gasteiger partial charge in [-0.2, -0.15) is 8.78 Å². The van der Waals surface area contributed by atoms with Crippen molar-refractivity contribution in [1.29, 1.82) is 0 Å².